The Kier molecular flexibility index (Phi) is 3.51. The maximum atomic E-state index is 11.4. The molecule has 0 fully saturated rings. The Bertz CT molecular complexity index is 585. The van der Waals surface area contributed by atoms with Crippen molar-refractivity contribution in [2.45, 2.75) is 6.92 Å². The molecule has 1 aromatic heterocycles. The topological polar surface area (TPSA) is 82.3 Å². The lowest BCUT2D eigenvalue weighted by atomic mass is 10.1. The SMILES string of the molecule is CC(=O)c1ccccc1Oc1cnccc1[N+](=O)[O-]. The summed E-state index contributed by atoms with van der Waals surface area (Å²) in [6.45, 7) is 1.40. The molecule has 0 aliphatic heterocycles. The van der Waals surface area contributed by atoms with Crippen molar-refractivity contribution in [1.82, 2.24) is 4.98 Å². The lowest BCUT2D eigenvalue weighted by molar-refractivity contribution is -0.385. The lowest BCUT2D eigenvalue weighted by Crippen LogP contribution is -1.99. The number of hydrogen-bond acceptors (Lipinski definition) is 5. The summed E-state index contributed by atoms with van der Waals surface area (Å²) < 4.78 is 5.44. The molecule has 0 aliphatic carbocycles. The van der Waals surface area contributed by atoms with Gasteiger partial charge < -0.3 is 4.74 Å². The summed E-state index contributed by atoms with van der Waals surface area (Å²) in [6.07, 6.45) is 2.55. The van der Waals surface area contributed by atoms with Gasteiger partial charge in [0.05, 0.1) is 16.7 Å². The molecule has 0 aliphatic rings. The van der Waals surface area contributed by atoms with Crippen LogP contribution in [0.15, 0.2) is 42.7 Å². The smallest absolute Gasteiger partial charge is 0.314 e. The van der Waals surface area contributed by atoms with Gasteiger partial charge in [-0.1, -0.05) is 12.1 Å². The van der Waals surface area contributed by atoms with Crippen molar-refractivity contribution in [1.29, 1.82) is 0 Å². The molecule has 0 saturated heterocycles. The van der Waals surface area contributed by atoms with Crippen molar-refractivity contribution >= 4 is 11.5 Å². The van der Waals surface area contributed by atoms with Gasteiger partial charge in [0, 0.05) is 12.3 Å². The quantitative estimate of drug-likeness (QED) is 0.478. The molecule has 2 rings (SSSR count). The number of pyridine rings is 1. The molecular formula is C13H10N2O4. The minimum absolute atomic E-state index is 0.00111. The molecule has 0 atom stereocenters. The fourth-order valence-electron chi connectivity index (χ4n) is 1.57. The summed E-state index contributed by atoms with van der Waals surface area (Å²) in [6, 6.07) is 7.80. The Balaban J connectivity index is 2.42. The number of benzene rings is 1. The van der Waals surface area contributed by atoms with Gasteiger partial charge in [0.15, 0.2) is 5.78 Å². The van der Waals surface area contributed by atoms with Crippen LogP contribution >= 0.6 is 0 Å². The molecule has 0 spiro atoms. The highest BCUT2D eigenvalue weighted by molar-refractivity contribution is 5.96. The van der Waals surface area contributed by atoms with Crippen molar-refractivity contribution in [3.8, 4) is 11.5 Å². The highest BCUT2D eigenvalue weighted by atomic mass is 16.6. The van der Waals surface area contributed by atoms with Crippen LogP contribution in [0.1, 0.15) is 17.3 Å². The first-order chi connectivity index (χ1) is 9.09. The summed E-state index contributed by atoms with van der Waals surface area (Å²) in [4.78, 5) is 25.5. The van der Waals surface area contributed by atoms with E-state index in [2.05, 4.69) is 4.98 Å². The van der Waals surface area contributed by atoms with Crippen molar-refractivity contribution < 1.29 is 14.5 Å². The number of para-hydroxylation sites is 1. The van der Waals surface area contributed by atoms with E-state index in [4.69, 9.17) is 4.74 Å². The Morgan fingerprint density at radius 2 is 2.00 bits per heavy atom. The standard InChI is InChI=1S/C13H10N2O4/c1-9(16)10-4-2-3-5-12(10)19-13-8-14-7-6-11(13)15(17)18/h2-8H,1H3. The van der Waals surface area contributed by atoms with Crippen molar-refractivity contribution in [3.05, 3.63) is 58.4 Å². The number of carbonyl (C=O) groups excluding carboxylic acids is 1. The number of rotatable bonds is 4. The van der Waals surface area contributed by atoms with Crippen LogP contribution < -0.4 is 4.74 Å². The molecule has 0 unspecified atom stereocenters. The van der Waals surface area contributed by atoms with Crippen molar-refractivity contribution in [2.24, 2.45) is 0 Å². The Morgan fingerprint density at radius 1 is 1.26 bits per heavy atom. The normalized spacial score (nSPS) is 9.95. The van der Waals surface area contributed by atoms with Gasteiger partial charge in [-0.05, 0) is 19.1 Å². The van der Waals surface area contributed by atoms with E-state index in [0.717, 1.165) is 0 Å². The Hall–Kier alpha value is -2.76. The largest absolute Gasteiger partial charge is 0.448 e. The number of aromatic nitrogens is 1. The zero-order valence-electron chi connectivity index (χ0n) is 10.1. The summed E-state index contributed by atoms with van der Waals surface area (Å²) in [7, 11) is 0. The third-order valence-electron chi connectivity index (χ3n) is 2.45. The second-order valence-corrected chi connectivity index (χ2v) is 3.75. The van der Waals surface area contributed by atoms with Crippen molar-refractivity contribution in [3.63, 3.8) is 0 Å². The van der Waals surface area contributed by atoms with E-state index in [9.17, 15) is 14.9 Å². The highest BCUT2D eigenvalue weighted by Crippen LogP contribution is 2.31. The second kappa shape index (κ2) is 5.26. The van der Waals surface area contributed by atoms with Crippen LogP contribution in [0.3, 0.4) is 0 Å². The third kappa shape index (κ3) is 2.74. The minimum Gasteiger partial charge on any atom is -0.448 e. The zero-order valence-corrected chi connectivity index (χ0v) is 10.1. The lowest BCUT2D eigenvalue weighted by Gasteiger charge is -2.08. The van der Waals surface area contributed by atoms with Gasteiger partial charge in [-0.25, -0.2) is 0 Å². The molecule has 0 amide bonds. The van der Waals surface area contributed by atoms with Gasteiger partial charge in [0.25, 0.3) is 0 Å². The predicted octanol–water partition coefficient (Wildman–Crippen LogP) is 2.98. The summed E-state index contributed by atoms with van der Waals surface area (Å²) in [5, 5.41) is 10.9. The zero-order chi connectivity index (χ0) is 13.8. The van der Waals surface area contributed by atoms with Crippen LogP contribution in [0.5, 0.6) is 11.5 Å². The van der Waals surface area contributed by atoms with Gasteiger partial charge in [-0.2, -0.15) is 0 Å². The number of hydrogen-bond donors (Lipinski definition) is 0. The van der Waals surface area contributed by atoms with Gasteiger partial charge in [-0.15, -0.1) is 0 Å². The van der Waals surface area contributed by atoms with Gasteiger partial charge in [0.2, 0.25) is 5.75 Å². The molecular weight excluding hydrogens is 248 g/mol. The van der Waals surface area contributed by atoms with Gasteiger partial charge in [0.1, 0.15) is 5.75 Å². The van der Waals surface area contributed by atoms with E-state index in [0.29, 0.717) is 5.56 Å². The fourth-order valence-corrected chi connectivity index (χ4v) is 1.57. The highest BCUT2D eigenvalue weighted by Gasteiger charge is 2.17. The number of nitro groups is 1. The molecule has 6 heteroatoms. The average Bonchev–Trinajstić information content (AvgIpc) is 2.39. The van der Waals surface area contributed by atoms with E-state index in [1.807, 2.05) is 0 Å². The molecule has 0 radical (unpaired) electrons. The summed E-state index contributed by atoms with van der Waals surface area (Å²) >= 11 is 0. The molecule has 0 saturated carbocycles. The average molecular weight is 258 g/mol. The first-order valence-corrected chi connectivity index (χ1v) is 5.46. The molecule has 96 valence electrons. The third-order valence-corrected chi connectivity index (χ3v) is 2.45. The number of nitrogens with zero attached hydrogens (tertiary/aromatic N) is 2. The summed E-state index contributed by atoms with van der Waals surface area (Å²) in [5.41, 5.74) is 0.161. The Labute approximate surface area is 108 Å². The van der Waals surface area contributed by atoms with Crippen molar-refractivity contribution in [2.75, 3.05) is 0 Å². The van der Waals surface area contributed by atoms with Crippen LogP contribution in [0, 0.1) is 10.1 Å². The van der Waals surface area contributed by atoms with Crippen LogP contribution in [0.4, 0.5) is 5.69 Å². The minimum atomic E-state index is -0.562. The monoisotopic (exact) mass is 258 g/mol. The van der Waals surface area contributed by atoms with Gasteiger partial charge >= 0.3 is 5.69 Å². The maximum Gasteiger partial charge on any atom is 0.314 e. The van der Waals surface area contributed by atoms with Crippen LogP contribution in [0.25, 0.3) is 0 Å². The van der Waals surface area contributed by atoms with E-state index in [1.165, 1.54) is 25.4 Å². The molecule has 1 aromatic carbocycles. The molecule has 0 N–H and O–H groups in total. The van der Waals surface area contributed by atoms with E-state index >= 15 is 0 Å². The van der Waals surface area contributed by atoms with Crippen LogP contribution in [-0.2, 0) is 0 Å². The van der Waals surface area contributed by atoms with E-state index in [1.54, 1.807) is 24.3 Å². The van der Waals surface area contributed by atoms with E-state index in [-0.39, 0.29) is 23.0 Å². The van der Waals surface area contributed by atoms with E-state index < -0.39 is 4.92 Å². The molecule has 1 heterocycles. The van der Waals surface area contributed by atoms with Crippen LogP contribution in [0.2, 0.25) is 0 Å². The number of ketones is 1. The van der Waals surface area contributed by atoms with Gasteiger partial charge in [-0.3, -0.25) is 19.9 Å². The fraction of sp³-hybridized carbons (Fsp3) is 0.0769. The molecule has 6 nitrogen and oxygen atoms in total. The number of ether oxygens (including phenoxy) is 1. The Morgan fingerprint density at radius 3 is 2.68 bits per heavy atom. The maximum absolute atomic E-state index is 11.4. The van der Waals surface area contributed by atoms with Crippen LogP contribution in [-0.4, -0.2) is 15.7 Å². The summed E-state index contributed by atoms with van der Waals surface area (Å²) in [5.74, 6) is 0.0921. The first kappa shape index (κ1) is 12.7. The molecule has 0 bridgehead atoms. The molecule has 19 heavy (non-hydrogen) atoms. The molecule has 2 aromatic rings. The first-order valence-electron chi connectivity index (χ1n) is 5.46. The predicted molar refractivity (Wildman–Crippen MR) is 67.4 cm³/mol. The number of carbonyl (C=O) groups is 1. The number of Topliss-reactive ketones (excluding diaryl/α,β-unsaturated/α-hetero) is 1. The second-order valence-electron chi connectivity index (χ2n) is 3.75.